The number of aliphatic imine (C=N–C) groups is 1. The number of aromatic nitrogens is 2. The molecule has 354 valence electrons. The Balaban J connectivity index is 2.30. The number of carbonyl (C=O) groups is 8. The third-order valence-corrected chi connectivity index (χ3v) is 10.7. The number of carbonyl (C=O) groups excluding carboxylic acids is 8. The van der Waals surface area contributed by atoms with Gasteiger partial charge in [-0.3, -0.25) is 48.3 Å². The molecule has 14 N–H and O–H groups in total. The van der Waals surface area contributed by atoms with Crippen LogP contribution in [0.15, 0.2) is 35.5 Å². The third kappa shape index (κ3) is 18.2. The zero-order valence-corrected chi connectivity index (χ0v) is 37.6. The van der Waals surface area contributed by atoms with Crippen LogP contribution in [-0.4, -0.2) is 111 Å². The summed E-state index contributed by atoms with van der Waals surface area (Å²) in [5, 5.41) is 23.7. The van der Waals surface area contributed by atoms with Gasteiger partial charge in [-0.25, -0.2) is 4.98 Å². The van der Waals surface area contributed by atoms with E-state index in [1.807, 2.05) is 13.8 Å². The van der Waals surface area contributed by atoms with Crippen LogP contribution in [0.5, 0.6) is 0 Å². The van der Waals surface area contributed by atoms with E-state index in [1.165, 1.54) is 13.1 Å². The summed E-state index contributed by atoms with van der Waals surface area (Å²) in [5.41, 5.74) is 22.5. The molecular weight excluding hydrogens is 829 g/mol. The van der Waals surface area contributed by atoms with Crippen molar-refractivity contribution in [3.63, 3.8) is 0 Å². The van der Waals surface area contributed by atoms with Crippen LogP contribution in [-0.2, 0) is 33.6 Å². The molecule has 2 rings (SSSR count). The number of ketones is 1. The summed E-state index contributed by atoms with van der Waals surface area (Å²) >= 11 is 0. The van der Waals surface area contributed by atoms with E-state index in [2.05, 4.69) is 41.5 Å². The number of aliphatic hydroxyl groups excluding tert-OH is 1. The number of fused-ring (bicyclic) bond motifs is 1. The van der Waals surface area contributed by atoms with Gasteiger partial charge in [-0.2, -0.15) is 0 Å². The second-order valence-electron chi connectivity index (χ2n) is 16.0. The highest BCUT2D eigenvalue weighted by Crippen LogP contribution is 2.19. The first kappa shape index (κ1) is 53.9. The minimum atomic E-state index is -1.50. The number of hydrogen-bond donors (Lipinski definition) is 10. The molecule has 0 fully saturated rings. The lowest BCUT2D eigenvalue weighted by atomic mass is 9.90. The molecule has 0 aliphatic rings. The molecular formula is C43H68N12O9. The first-order valence-corrected chi connectivity index (χ1v) is 21.9. The molecule has 0 radical (unpaired) electrons. The number of hydrogen-bond acceptors (Lipinski definition) is 12. The van der Waals surface area contributed by atoms with Gasteiger partial charge in [0.25, 0.3) is 5.91 Å². The van der Waals surface area contributed by atoms with Crippen molar-refractivity contribution in [2.75, 3.05) is 6.54 Å². The van der Waals surface area contributed by atoms with Crippen molar-refractivity contribution in [1.82, 2.24) is 36.6 Å². The summed E-state index contributed by atoms with van der Waals surface area (Å²) in [6.07, 6.45) is 2.66. The van der Waals surface area contributed by atoms with E-state index in [1.54, 1.807) is 38.1 Å². The maximum absolute atomic E-state index is 14.1. The largest absolute Gasteiger partial charge is 0.391 e. The Morgan fingerprint density at radius 2 is 1.28 bits per heavy atom. The molecule has 0 bridgehead atoms. The number of amides is 7. The van der Waals surface area contributed by atoms with Gasteiger partial charge in [0.1, 0.15) is 29.9 Å². The predicted molar refractivity (Wildman–Crippen MR) is 239 cm³/mol. The maximum Gasteiger partial charge on any atom is 0.272 e. The monoisotopic (exact) mass is 897 g/mol. The minimum Gasteiger partial charge on any atom is -0.391 e. The lowest BCUT2D eigenvalue weighted by molar-refractivity contribution is -0.136. The predicted octanol–water partition coefficient (Wildman–Crippen LogP) is -0.145. The maximum atomic E-state index is 14.1. The Kier molecular flexibility index (Phi) is 23.3. The Morgan fingerprint density at radius 1 is 0.688 bits per heavy atom. The molecule has 64 heavy (non-hydrogen) atoms. The fourth-order valence-electron chi connectivity index (χ4n) is 6.68. The van der Waals surface area contributed by atoms with Gasteiger partial charge in [-0.15, -0.1) is 0 Å². The van der Waals surface area contributed by atoms with Crippen LogP contribution in [0.4, 0.5) is 0 Å². The van der Waals surface area contributed by atoms with Crippen molar-refractivity contribution < 1.29 is 43.5 Å². The second kappa shape index (κ2) is 27.7. The van der Waals surface area contributed by atoms with Gasteiger partial charge in [0.2, 0.25) is 35.4 Å². The summed E-state index contributed by atoms with van der Waals surface area (Å²) in [7, 11) is 0. The molecule has 0 aliphatic carbocycles. The average Bonchev–Trinajstić information content (AvgIpc) is 3.25. The van der Waals surface area contributed by atoms with Crippen LogP contribution in [0.2, 0.25) is 0 Å². The van der Waals surface area contributed by atoms with Crippen molar-refractivity contribution in [3.05, 3.63) is 36.2 Å². The molecule has 2 aromatic rings. The molecule has 21 heteroatoms. The number of nitrogens with two attached hydrogens (primary N) is 4. The number of unbranched alkanes of at least 4 members (excludes halogenated alkanes) is 2. The normalized spacial score (nSPS) is 14.8. The molecule has 1 unspecified atom stereocenters. The number of Topliss-reactive ketones (excluding diaryl/α,β-unsaturated/α-hetero) is 1. The number of aliphatic hydroxyl groups is 1. The van der Waals surface area contributed by atoms with Gasteiger partial charge in [0.05, 0.1) is 29.4 Å². The van der Waals surface area contributed by atoms with Gasteiger partial charge in [-0.05, 0) is 57.1 Å². The van der Waals surface area contributed by atoms with E-state index in [0.717, 1.165) is 0 Å². The smallest absolute Gasteiger partial charge is 0.272 e. The number of primary amides is 2. The van der Waals surface area contributed by atoms with Crippen LogP contribution in [0.25, 0.3) is 11.0 Å². The molecule has 1 heterocycles. The number of guanidine groups is 1. The van der Waals surface area contributed by atoms with Crippen LogP contribution >= 0.6 is 0 Å². The Labute approximate surface area is 373 Å². The van der Waals surface area contributed by atoms with Gasteiger partial charge in [0.15, 0.2) is 11.7 Å². The van der Waals surface area contributed by atoms with Crippen LogP contribution < -0.4 is 49.5 Å². The number of rotatable bonds is 30. The van der Waals surface area contributed by atoms with Crippen molar-refractivity contribution in [1.29, 1.82) is 0 Å². The highest BCUT2D eigenvalue weighted by molar-refractivity contribution is 5.99. The fourth-order valence-corrected chi connectivity index (χ4v) is 6.68. The number of nitrogens with one attached hydrogen (secondary N) is 5. The molecule has 7 amide bonds. The van der Waals surface area contributed by atoms with Crippen molar-refractivity contribution in [3.8, 4) is 0 Å². The second-order valence-corrected chi connectivity index (χ2v) is 16.0. The Hall–Kier alpha value is -6.25. The number of benzene rings is 1. The first-order chi connectivity index (χ1) is 30.3. The lowest BCUT2D eigenvalue weighted by Crippen LogP contribution is -2.59. The van der Waals surface area contributed by atoms with E-state index in [-0.39, 0.29) is 63.1 Å². The lowest BCUT2D eigenvalue weighted by Gasteiger charge is -2.29. The van der Waals surface area contributed by atoms with E-state index in [0.29, 0.717) is 43.1 Å². The quantitative estimate of drug-likeness (QED) is 0.0278. The summed E-state index contributed by atoms with van der Waals surface area (Å²) in [6, 6.07) is 0.639. The summed E-state index contributed by atoms with van der Waals surface area (Å²) in [5.74, 6) is -7.42. The fraction of sp³-hybridized carbons (Fsp3) is 0.605. The summed E-state index contributed by atoms with van der Waals surface area (Å²) < 4.78 is 0. The van der Waals surface area contributed by atoms with Crippen LogP contribution in [0.1, 0.15) is 122 Å². The van der Waals surface area contributed by atoms with Crippen LogP contribution in [0.3, 0.4) is 0 Å². The number of nitrogens with zero attached hydrogens (tertiary/aromatic N) is 3. The van der Waals surface area contributed by atoms with Crippen LogP contribution in [0, 0.1) is 11.8 Å². The average molecular weight is 897 g/mol. The third-order valence-electron chi connectivity index (χ3n) is 10.7. The topological polar surface area (TPSA) is 359 Å². The summed E-state index contributed by atoms with van der Waals surface area (Å²) in [4.78, 5) is 119. The zero-order chi connectivity index (χ0) is 47.9. The highest BCUT2D eigenvalue weighted by atomic mass is 16.3. The van der Waals surface area contributed by atoms with Crippen molar-refractivity contribution >= 4 is 64.1 Å². The van der Waals surface area contributed by atoms with E-state index in [4.69, 9.17) is 22.9 Å². The van der Waals surface area contributed by atoms with Gasteiger partial charge >= 0.3 is 0 Å². The van der Waals surface area contributed by atoms with E-state index >= 15 is 0 Å². The molecule has 0 aliphatic heterocycles. The van der Waals surface area contributed by atoms with Gasteiger partial charge in [0, 0.05) is 25.3 Å². The molecule has 8 atom stereocenters. The van der Waals surface area contributed by atoms with E-state index < -0.39 is 95.3 Å². The SMILES string of the molecule is CCCCC(CC(=O)[C@H](CCCC)NC(=O)[C@@H](NC(=O)[C@@H](NC(=O)c1cnc2ccccc2n1)[C@@H](C)O)[C@@H](C)CC)C(=O)N[C@@H](CCC(N)=O)C(=O)N[C@@H](CCCN=C(N)N)C(N)=O. The van der Waals surface area contributed by atoms with Gasteiger partial charge < -0.3 is 54.6 Å². The highest BCUT2D eigenvalue weighted by Gasteiger charge is 2.36. The standard InChI is InChI=1S/C43H68N12O9/c1-6-9-14-26(38(60)53-31(19-20-34(44)58)39(61)52-30(37(45)59)18-13-21-48-43(46)47)22-33(57)29(15-10-7-2)51-41(63)35(24(4)8-3)54-42(64)36(25(5)56)55-40(62)32-23-49-27-16-11-12-17-28(27)50-32/h11-12,16-17,23-26,29-31,35-36,56H,6-10,13-15,18-22H2,1-5H3,(H2,44,58)(H2,45,59)(H,51,63)(H,52,61)(H,53,60)(H,54,64)(H,55,62)(H4,46,47,48)/t24-,25+,26?,29-,30-,31-,35-,36-/m0/s1. The Morgan fingerprint density at radius 3 is 1.88 bits per heavy atom. The molecule has 21 nitrogen and oxygen atoms in total. The minimum absolute atomic E-state index is 0.0772. The summed E-state index contributed by atoms with van der Waals surface area (Å²) in [6.45, 7) is 8.80. The molecule has 0 spiro atoms. The Bertz CT molecular complexity index is 1940. The van der Waals surface area contributed by atoms with Gasteiger partial charge in [-0.1, -0.05) is 71.9 Å². The number of para-hydroxylation sites is 2. The molecule has 0 saturated heterocycles. The first-order valence-electron chi connectivity index (χ1n) is 21.9. The van der Waals surface area contributed by atoms with E-state index in [9.17, 15) is 43.5 Å². The van der Waals surface area contributed by atoms with Crippen molar-refractivity contribution in [2.45, 2.75) is 148 Å². The molecule has 1 aromatic heterocycles. The zero-order valence-electron chi connectivity index (χ0n) is 37.6. The van der Waals surface area contributed by atoms with Crippen molar-refractivity contribution in [2.24, 2.45) is 39.8 Å². The molecule has 1 aromatic carbocycles. The molecule has 0 saturated carbocycles.